The molecule has 0 aromatic rings. The van der Waals surface area contributed by atoms with Crippen LogP contribution in [-0.4, -0.2) is 35.4 Å². The fraction of sp³-hybridized carbons (Fsp3) is 0.571. The average Bonchev–Trinajstić information content (AvgIpc) is 2.00. The highest BCUT2D eigenvalue weighted by molar-refractivity contribution is 5.76. The minimum Gasteiger partial charge on any atom is -0.394 e. The molecule has 62 valence electrons. The molecule has 0 aromatic carbocycles. The lowest BCUT2D eigenvalue weighted by molar-refractivity contribution is -0.123. The molecule has 0 radical (unpaired) electrons. The van der Waals surface area contributed by atoms with Gasteiger partial charge < -0.3 is 15.5 Å². The van der Waals surface area contributed by atoms with Crippen LogP contribution in [0.25, 0.3) is 0 Å². The van der Waals surface area contributed by atoms with Gasteiger partial charge in [0.05, 0.1) is 25.7 Å². The van der Waals surface area contributed by atoms with Gasteiger partial charge in [0.15, 0.2) is 0 Å². The van der Waals surface area contributed by atoms with Gasteiger partial charge in [-0.15, -0.1) is 6.42 Å². The molecule has 11 heavy (non-hydrogen) atoms. The Bertz CT molecular complexity index is 162. The summed E-state index contributed by atoms with van der Waals surface area (Å²) in [5.74, 6) is 1.86. The monoisotopic (exact) mass is 157 g/mol. The van der Waals surface area contributed by atoms with Crippen molar-refractivity contribution in [2.24, 2.45) is 0 Å². The van der Waals surface area contributed by atoms with Crippen molar-refractivity contribution in [3.63, 3.8) is 0 Å². The van der Waals surface area contributed by atoms with Crippen molar-refractivity contribution < 1.29 is 15.0 Å². The molecule has 0 aliphatic rings. The third-order valence-electron chi connectivity index (χ3n) is 1.02. The highest BCUT2D eigenvalue weighted by atomic mass is 16.3. The summed E-state index contributed by atoms with van der Waals surface area (Å²) in [6.45, 7) is -0.263. The fourth-order valence-electron chi connectivity index (χ4n) is 0.500. The number of hydrogen-bond donors (Lipinski definition) is 3. The van der Waals surface area contributed by atoms with Crippen LogP contribution in [0.3, 0.4) is 0 Å². The van der Waals surface area contributed by atoms with Crippen molar-refractivity contribution in [1.82, 2.24) is 5.32 Å². The third kappa shape index (κ3) is 5.40. The lowest BCUT2D eigenvalue weighted by Gasteiger charge is -2.05. The quantitative estimate of drug-likeness (QED) is 0.434. The summed E-state index contributed by atoms with van der Waals surface area (Å²) in [6.07, 6.45) is 3.76. The Labute approximate surface area is 65.2 Å². The zero-order valence-corrected chi connectivity index (χ0v) is 6.08. The Morgan fingerprint density at radius 2 is 2.36 bits per heavy atom. The summed E-state index contributed by atoms with van der Waals surface area (Å²) >= 11 is 0. The van der Waals surface area contributed by atoms with Crippen LogP contribution in [-0.2, 0) is 4.79 Å². The Morgan fingerprint density at radius 1 is 1.73 bits per heavy atom. The van der Waals surface area contributed by atoms with E-state index in [2.05, 4.69) is 11.2 Å². The zero-order valence-electron chi connectivity index (χ0n) is 6.08. The van der Waals surface area contributed by atoms with Crippen LogP contribution in [0.2, 0.25) is 0 Å². The van der Waals surface area contributed by atoms with Crippen molar-refractivity contribution in [1.29, 1.82) is 0 Å². The van der Waals surface area contributed by atoms with Crippen LogP contribution < -0.4 is 5.32 Å². The van der Waals surface area contributed by atoms with Crippen LogP contribution in [0, 0.1) is 12.3 Å². The third-order valence-corrected chi connectivity index (χ3v) is 1.02. The fourth-order valence-corrected chi connectivity index (χ4v) is 0.500. The molecule has 0 aromatic heterocycles. The SMILES string of the molecule is C#CCNC(=O)C[C@H](O)CO. The predicted molar refractivity (Wildman–Crippen MR) is 39.6 cm³/mol. The maximum Gasteiger partial charge on any atom is 0.223 e. The summed E-state index contributed by atoms with van der Waals surface area (Å²) in [6, 6.07) is 0. The summed E-state index contributed by atoms with van der Waals surface area (Å²) in [7, 11) is 0. The molecule has 0 fully saturated rings. The van der Waals surface area contributed by atoms with E-state index in [1.54, 1.807) is 0 Å². The van der Waals surface area contributed by atoms with Gasteiger partial charge in [0, 0.05) is 0 Å². The molecule has 1 amide bonds. The maximum atomic E-state index is 10.7. The number of aliphatic hydroxyl groups excluding tert-OH is 2. The topological polar surface area (TPSA) is 69.6 Å². The average molecular weight is 157 g/mol. The van der Waals surface area contributed by atoms with Gasteiger partial charge in [0.1, 0.15) is 0 Å². The molecular formula is C7H11NO3. The Morgan fingerprint density at radius 3 is 2.82 bits per heavy atom. The normalized spacial score (nSPS) is 11.7. The summed E-state index contributed by atoms with van der Waals surface area (Å²) < 4.78 is 0. The lowest BCUT2D eigenvalue weighted by atomic mass is 10.2. The van der Waals surface area contributed by atoms with E-state index in [0.717, 1.165) is 0 Å². The number of rotatable bonds is 4. The molecule has 0 rings (SSSR count). The van der Waals surface area contributed by atoms with Crippen molar-refractivity contribution in [3.8, 4) is 12.3 Å². The van der Waals surface area contributed by atoms with E-state index in [1.807, 2.05) is 0 Å². The summed E-state index contributed by atoms with van der Waals surface area (Å²) in [5.41, 5.74) is 0. The van der Waals surface area contributed by atoms with Crippen LogP contribution in [0.15, 0.2) is 0 Å². The number of carbonyl (C=O) groups is 1. The highest BCUT2D eigenvalue weighted by Crippen LogP contribution is 1.88. The molecule has 0 saturated heterocycles. The molecule has 0 spiro atoms. The first kappa shape index (κ1) is 9.95. The Hall–Kier alpha value is -1.05. The molecule has 0 bridgehead atoms. The standard InChI is InChI=1S/C7H11NO3/c1-2-3-8-7(11)4-6(10)5-9/h1,6,9-10H,3-5H2,(H,8,11)/t6-/m0/s1. The smallest absolute Gasteiger partial charge is 0.223 e. The van der Waals surface area contributed by atoms with Crippen LogP contribution >= 0.6 is 0 Å². The van der Waals surface area contributed by atoms with Crippen molar-refractivity contribution >= 4 is 5.91 Å². The van der Waals surface area contributed by atoms with Crippen LogP contribution in [0.5, 0.6) is 0 Å². The number of carbonyl (C=O) groups excluding carboxylic acids is 1. The number of nitrogens with one attached hydrogen (secondary N) is 1. The van der Waals surface area contributed by atoms with Gasteiger partial charge in [0.25, 0.3) is 0 Å². The van der Waals surface area contributed by atoms with Gasteiger partial charge >= 0.3 is 0 Å². The second-order valence-electron chi connectivity index (χ2n) is 2.02. The first-order valence-corrected chi connectivity index (χ1v) is 3.19. The Kier molecular flexibility index (Phi) is 5.17. The Balaban J connectivity index is 3.45. The number of amides is 1. The van der Waals surface area contributed by atoms with Gasteiger partial charge in [-0.1, -0.05) is 5.92 Å². The number of terminal acetylenes is 1. The zero-order chi connectivity index (χ0) is 8.69. The van der Waals surface area contributed by atoms with Gasteiger partial charge in [-0.2, -0.15) is 0 Å². The van der Waals surface area contributed by atoms with E-state index >= 15 is 0 Å². The molecule has 0 aliphatic heterocycles. The van der Waals surface area contributed by atoms with Crippen molar-refractivity contribution in [2.75, 3.05) is 13.2 Å². The molecule has 0 saturated carbocycles. The highest BCUT2D eigenvalue weighted by Gasteiger charge is 2.07. The van der Waals surface area contributed by atoms with E-state index in [9.17, 15) is 4.79 Å². The molecule has 4 nitrogen and oxygen atoms in total. The van der Waals surface area contributed by atoms with Gasteiger partial charge in [0.2, 0.25) is 5.91 Å². The molecule has 4 heteroatoms. The van der Waals surface area contributed by atoms with Crippen molar-refractivity contribution in [2.45, 2.75) is 12.5 Å². The molecule has 0 heterocycles. The van der Waals surface area contributed by atoms with Gasteiger partial charge in [-0.3, -0.25) is 4.79 Å². The lowest BCUT2D eigenvalue weighted by Crippen LogP contribution is -2.28. The molecule has 0 aliphatic carbocycles. The predicted octanol–water partition coefficient (Wildman–Crippen LogP) is -1.52. The minimum absolute atomic E-state index is 0.113. The molecule has 1 atom stereocenters. The van der Waals surface area contributed by atoms with Gasteiger partial charge in [-0.05, 0) is 0 Å². The molecular weight excluding hydrogens is 146 g/mol. The van der Waals surface area contributed by atoms with E-state index < -0.39 is 12.7 Å². The van der Waals surface area contributed by atoms with E-state index in [1.165, 1.54) is 0 Å². The number of aliphatic hydroxyl groups is 2. The molecule has 3 N–H and O–H groups in total. The van der Waals surface area contributed by atoms with E-state index in [-0.39, 0.29) is 18.9 Å². The van der Waals surface area contributed by atoms with E-state index in [4.69, 9.17) is 16.6 Å². The van der Waals surface area contributed by atoms with Crippen LogP contribution in [0.1, 0.15) is 6.42 Å². The number of hydrogen-bond acceptors (Lipinski definition) is 3. The largest absolute Gasteiger partial charge is 0.394 e. The second-order valence-corrected chi connectivity index (χ2v) is 2.02. The van der Waals surface area contributed by atoms with Crippen LogP contribution in [0.4, 0.5) is 0 Å². The van der Waals surface area contributed by atoms with Gasteiger partial charge in [-0.25, -0.2) is 0 Å². The van der Waals surface area contributed by atoms with Crippen molar-refractivity contribution in [3.05, 3.63) is 0 Å². The summed E-state index contributed by atoms with van der Waals surface area (Å²) in [5, 5.41) is 19.5. The first-order chi connectivity index (χ1) is 5.20. The second kappa shape index (κ2) is 5.71. The van der Waals surface area contributed by atoms with E-state index in [0.29, 0.717) is 0 Å². The minimum atomic E-state index is -0.993. The summed E-state index contributed by atoms with van der Waals surface area (Å²) in [4.78, 5) is 10.7. The molecule has 0 unspecified atom stereocenters. The maximum absolute atomic E-state index is 10.7. The first-order valence-electron chi connectivity index (χ1n) is 3.19.